The molecular weight excluding hydrogens is 398 g/mol. The second kappa shape index (κ2) is 10.00. The lowest BCUT2D eigenvalue weighted by Crippen LogP contribution is -2.46. The summed E-state index contributed by atoms with van der Waals surface area (Å²) in [6, 6.07) is 5.77. The van der Waals surface area contributed by atoms with Crippen LogP contribution in [0.15, 0.2) is 29.2 Å². The number of ether oxygens (including phenoxy) is 2. The van der Waals surface area contributed by atoms with E-state index in [1.807, 2.05) is 0 Å². The zero-order valence-corrected chi connectivity index (χ0v) is 16.5. The Morgan fingerprint density at radius 3 is 2.56 bits per heavy atom. The van der Waals surface area contributed by atoms with Crippen molar-refractivity contribution in [1.82, 2.24) is 4.72 Å². The summed E-state index contributed by atoms with van der Waals surface area (Å²) in [6.45, 7) is 0.611. The Morgan fingerprint density at radius 1 is 1.30 bits per heavy atom. The van der Waals surface area contributed by atoms with Crippen molar-refractivity contribution in [3.63, 3.8) is 0 Å². The predicted molar refractivity (Wildman–Crippen MR) is 101 cm³/mol. The Kier molecular flexibility index (Phi) is 8.63. The van der Waals surface area contributed by atoms with Crippen LogP contribution < -0.4 is 15.8 Å². The fourth-order valence-corrected chi connectivity index (χ4v) is 3.61. The third-order valence-electron chi connectivity index (χ3n) is 4.36. The van der Waals surface area contributed by atoms with Crippen molar-refractivity contribution < 1.29 is 27.5 Å². The van der Waals surface area contributed by atoms with Crippen molar-refractivity contribution in [2.45, 2.75) is 17.7 Å². The van der Waals surface area contributed by atoms with E-state index in [1.54, 1.807) is 6.07 Å². The largest absolute Gasteiger partial charge is 0.468 e. The Balaban J connectivity index is 0.00000364. The highest BCUT2D eigenvalue weighted by atomic mass is 35.5. The minimum atomic E-state index is -3.92. The summed E-state index contributed by atoms with van der Waals surface area (Å²) in [4.78, 5) is 23.7. The number of sulfonamides is 1. The van der Waals surface area contributed by atoms with E-state index in [2.05, 4.69) is 14.8 Å². The maximum absolute atomic E-state index is 12.7. The summed E-state index contributed by atoms with van der Waals surface area (Å²) in [5.74, 6) is -0.970. The molecule has 1 aliphatic heterocycles. The average Bonchev–Trinajstić information content (AvgIpc) is 2.66. The van der Waals surface area contributed by atoms with E-state index in [9.17, 15) is 18.0 Å². The summed E-state index contributed by atoms with van der Waals surface area (Å²) < 4.78 is 36.3. The van der Waals surface area contributed by atoms with Crippen LogP contribution in [0.5, 0.6) is 0 Å². The standard InChI is InChI=1S/C16H23N3O6S.ClH/c1-24-14(20)10-18-26(22,23)13-4-2-3-12(9-13)19-15(21)16(11-17)5-7-25-8-6-16;/h2-4,9,18H,5-8,10-11,17H2,1H3,(H,19,21);1H. The average molecular weight is 422 g/mol. The Bertz CT molecular complexity index is 765. The maximum Gasteiger partial charge on any atom is 0.320 e. The molecular formula is C16H24ClN3O6S. The molecule has 9 nitrogen and oxygen atoms in total. The number of benzene rings is 1. The molecule has 27 heavy (non-hydrogen) atoms. The van der Waals surface area contributed by atoms with Crippen LogP contribution in [0.3, 0.4) is 0 Å². The number of methoxy groups -OCH3 is 1. The van der Waals surface area contributed by atoms with Gasteiger partial charge in [-0.25, -0.2) is 8.42 Å². The van der Waals surface area contributed by atoms with E-state index in [0.29, 0.717) is 31.7 Å². The van der Waals surface area contributed by atoms with Gasteiger partial charge in [-0.1, -0.05) is 6.07 Å². The highest BCUT2D eigenvalue weighted by Crippen LogP contribution is 2.31. The van der Waals surface area contributed by atoms with E-state index in [1.165, 1.54) is 18.2 Å². The number of anilines is 1. The molecule has 0 radical (unpaired) electrons. The number of halogens is 1. The highest BCUT2D eigenvalue weighted by Gasteiger charge is 2.38. The lowest BCUT2D eigenvalue weighted by atomic mass is 9.79. The summed E-state index contributed by atoms with van der Waals surface area (Å²) in [5.41, 5.74) is 5.41. The SMILES string of the molecule is COC(=O)CNS(=O)(=O)c1cccc(NC(=O)C2(CN)CCOCC2)c1.Cl. The monoisotopic (exact) mass is 421 g/mol. The van der Waals surface area contributed by atoms with Gasteiger partial charge in [0.2, 0.25) is 15.9 Å². The van der Waals surface area contributed by atoms with Crippen LogP contribution in [0.4, 0.5) is 5.69 Å². The number of nitrogens with two attached hydrogens (primary N) is 1. The van der Waals surface area contributed by atoms with E-state index in [0.717, 1.165) is 7.11 Å². The molecule has 1 saturated heterocycles. The minimum Gasteiger partial charge on any atom is -0.468 e. The van der Waals surface area contributed by atoms with Crippen LogP contribution in [-0.2, 0) is 29.1 Å². The first kappa shape index (κ1) is 23.3. The summed E-state index contributed by atoms with van der Waals surface area (Å²) in [7, 11) is -2.75. The van der Waals surface area contributed by atoms with Crippen molar-refractivity contribution in [2.24, 2.45) is 11.1 Å². The van der Waals surface area contributed by atoms with Crippen LogP contribution in [0.1, 0.15) is 12.8 Å². The van der Waals surface area contributed by atoms with Crippen molar-refractivity contribution in [2.75, 3.05) is 38.7 Å². The molecule has 4 N–H and O–H groups in total. The Labute approximate surface area is 164 Å². The lowest BCUT2D eigenvalue weighted by Gasteiger charge is -2.34. The third-order valence-corrected chi connectivity index (χ3v) is 5.76. The lowest BCUT2D eigenvalue weighted by molar-refractivity contribution is -0.139. The molecule has 0 saturated carbocycles. The van der Waals surface area contributed by atoms with Crippen molar-refractivity contribution in [3.05, 3.63) is 24.3 Å². The van der Waals surface area contributed by atoms with Gasteiger partial charge in [-0.3, -0.25) is 9.59 Å². The van der Waals surface area contributed by atoms with Crippen molar-refractivity contribution in [1.29, 1.82) is 0 Å². The van der Waals surface area contributed by atoms with Gasteiger partial charge in [-0.2, -0.15) is 4.72 Å². The van der Waals surface area contributed by atoms with Crippen molar-refractivity contribution in [3.8, 4) is 0 Å². The van der Waals surface area contributed by atoms with Gasteiger partial charge in [-0.05, 0) is 31.0 Å². The topological polar surface area (TPSA) is 137 Å². The number of esters is 1. The molecule has 1 amide bonds. The molecule has 152 valence electrons. The Morgan fingerprint density at radius 2 is 1.96 bits per heavy atom. The molecule has 1 fully saturated rings. The van der Waals surface area contributed by atoms with Crippen LogP contribution in [-0.4, -0.2) is 53.7 Å². The smallest absolute Gasteiger partial charge is 0.320 e. The molecule has 0 bridgehead atoms. The molecule has 1 aromatic carbocycles. The number of rotatable bonds is 7. The zero-order chi connectivity index (χ0) is 19.2. The first-order valence-corrected chi connectivity index (χ1v) is 9.57. The fraction of sp³-hybridized carbons (Fsp3) is 0.500. The molecule has 0 aromatic heterocycles. The maximum atomic E-state index is 12.7. The molecule has 0 unspecified atom stereocenters. The van der Waals surface area contributed by atoms with Gasteiger partial charge in [0.25, 0.3) is 0 Å². The molecule has 1 aromatic rings. The zero-order valence-electron chi connectivity index (χ0n) is 14.9. The van der Waals surface area contributed by atoms with Crippen molar-refractivity contribution >= 4 is 40.0 Å². The molecule has 1 heterocycles. The van der Waals surface area contributed by atoms with Gasteiger partial charge in [-0.15, -0.1) is 12.4 Å². The van der Waals surface area contributed by atoms with Crippen LogP contribution in [0, 0.1) is 5.41 Å². The van der Waals surface area contributed by atoms with Gasteiger partial charge >= 0.3 is 5.97 Å². The van der Waals surface area contributed by atoms with Gasteiger partial charge in [0.05, 0.1) is 17.4 Å². The second-order valence-corrected chi connectivity index (χ2v) is 7.75. The normalized spacial score (nSPS) is 16.1. The fourth-order valence-electron chi connectivity index (χ4n) is 2.60. The number of hydrogen-bond acceptors (Lipinski definition) is 7. The second-order valence-electron chi connectivity index (χ2n) is 5.98. The van der Waals surface area contributed by atoms with Gasteiger partial charge < -0.3 is 20.5 Å². The molecule has 0 spiro atoms. The van der Waals surface area contributed by atoms with Gasteiger partial charge in [0.1, 0.15) is 6.54 Å². The molecule has 0 aliphatic carbocycles. The quantitative estimate of drug-likeness (QED) is 0.537. The van der Waals surface area contributed by atoms with Gasteiger partial charge in [0, 0.05) is 25.4 Å². The molecule has 11 heteroatoms. The number of carbonyl (C=O) groups is 2. The Hall–Kier alpha value is -1.72. The minimum absolute atomic E-state index is 0. The molecule has 0 atom stereocenters. The number of amides is 1. The first-order chi connectivity index (χ1) is 12.3. The molecule has 2 rings (SSSR count). The van der Waals surface area contributed by atoms with E-state index in [-0.39, 0.29) is 29.8 Å². The summed E-state index contributed by atoms with van der Waals surface area (Å²) in [5, 5.41) is 2.73. The first-order valence-electron chi connectivity index (χ1n) is 8.09. The van der Waals surface area contributed by atoms with E-state index < -0.39 is 28.0 Å². The molecule has 1 aliphatic rings. The third kappa shape index (κ3) is 5.88. The number of carbonyl (C=O) groups excluding carboxylic acids is 2. The highest BCUT2D eigenvalue weighted by molar-refractivity contribution is 7.89. The van der Waals surface area contributed by atoms with E-state index >= 15 is 0 Å². The van der Waals surface area contributed by atoms with Crippen LogP contribution in [0.2, 0.25) is 0 Å². The summed E-state index contributed by atoms with van der Waals surface area (Å²) >= 11 is 0. The van der Waals surface area contributed by atoms with Crippen LogP contribution >= 0.6 is 12.4 Å². The number of nitrogens with one attached hydrogen (secondary N) is 2. The predicted octanol–water partition coefficient (Wildman–Crippen LogP) is 0.254. The van der Waals surface area contributed by atoms with Crippen LogP contribution in [0.25, 0.3) is 0 Å². The van der Waals surface area contributed by atoms with Gasteiger partial charge in [0.15, 0.2) is 0 Å². The summed E-state index contributed by atoms with van der Waals surface area (Å²) in [6.07, 6.45) is 1.02. The number of hydrogen-bond donors (Lipinski definition) is 3. The van der Waals surface area contributed by atoms with E-state index in [4.69, 9.17) is 10.5 Å².